The molecule has 0 radical (unpaired) electrons. The molecular formula is C27H26F3N5O3. The van der Waals surface area contributed by atoms with E-state index >= 15 is 0 Å². The molecule has 198 valence electrons. The second-order valence-electron chi connectivity index (χ2n) is 9.19. The molecule has 0 bridgehead atoms. The lowest BCUT2D eigenvalue weighted by atomic mass is 9.87. The smallest absolute Gasteiger partial charge is 0.336 e. The lowest BCUT2D eigenvalue weighted by Gasteiger charge is -2.42. The van der Waals surface area contributed by atoms with E-state index in [4.69, 9.17) is 0 Å². The number of benzene rings is 2. The fourth-order valence-electron chi connectivity index (χ4n) is 4.95. The van der Waals surface area contributed by atoms with Gasteiger partial charge in [-0.1, -0.05) is 12.1 Å². The summed E-state index contributed by atoms with van der Waals surface area (Å²) in [7, 11) is 1.43. The molecule has 2 aromatic rings. The van der Waals surface area contributed by atoms with Crippen LogP contribution in [0.15, 0.2) is 53.7 Å². The number of urea groups is 1. The molecule has 2 aliphatic heterocycles. The van der Waals surface area contributed by atoms with E-state index in [2.05, 4.69) is 5.32 Å². The fourth-order valence-corrected chi connectivity index (χ4v) is 4.95. The van der Waals surface area contributed by atoms with E-state index in [9.17, 15) is 32.8 Å². The van der Waals surface area contributed by atoms with Crippen molar-refractivity contribution in [2.24, 2.45) is 0 Å². The Labute approximate surface area is 217 Å². The van der Waals surface area contributed by atoms with Crippen LogP contribution in [-0.2, 0) is 11.0 Å². The van der Waals surface area contributed by atoms with Crippen LogP contribution in [0.4, 0.5) is 23.7 Å². The number of amides is 3. The Morgan fingerprint density at radius 1 is 1.11 bits per heavy atom. The molecular weight excluding hydrogens is 499 g/mol. The molecule has 38 heavy (non-hydrogen) atoms. The van der Waals surface area contributed by atoms with Gasteiger partial charge in [-0.2, -0.15) is 18.4 Å². The zero-order chi connectivity index (χ0) is 27.8. The number of alkyl halides is 3. The summed E-state index contributed by atoms with van der Waals surface area (Å²) in [6, 6.07) is 9.20. The molecule has 4 rings (SSSR count). The van der Waals surface area contributed by atoms with Gasteiger partial charge in [0.1, 0.15) is 0 Å². The van der Waals surface area contributed by atoms with Crippen LogP contribution in [0, 0.1) is 11.3 Å². The topological polar surface area (TPSA) is 96.7 Å². The predicted octanol–water partition coefficient (Wildman–Crippen LogP) is 4.10. The fraction of sp³-hybridized carbons (Fsp3) is 0.333. The van der Waals surface area contributed by atoms with Gasteiger partial charge >= 0.3 is 12.2 Å². The summed E-state index contributed by atoms with van der Waals surface area (Å²) in [5.74, 6) is -0.742. The van der Waals surface area contributed by atoms with Gasteiger partial charge in [-0.15, -0.1) is 0 Å². The van der Waals surface area contributed by atoms with Crippen molar-refractivity contribution < 1.29 is 27.6 Å². The van der Waals surface area contributed by atoms with E-state index in [1.165, 1.54) is 50.1 Å². The quantitative estimate of drug-likeness (QED) is 0.649. The van der Waals surface area contributed by atoms with E-state index in [-0.39, 0.29) is 34.0 Å². The van der Waals surface area contributed by atoms with E-state index in [1.54, 1.807) is 11.0 Å². The Morgan fingerprint density at radius 3 is 2.39 bits per heavy atom. The van der Waals surface area contributed by atoms with Crippen molar-refractivity contribution in [2.45, 2.75) is 26.1 Å². The minimum absolute atomic E-state index is 0.0386. The molecule has 0 spiro atoms. The Balaban J connectivity index is 1.88. The Hall–Kier alpha value is -4.17. The number of rotatable bonds is 4. The first-order valence-electron chi connectivity index (χ1n) is 12.0. The third-order valence-electron chi connectivity index (χ3n) is 6.80. The van der Waals surface area contributed by atoms with Gasteiger partial charge in [-0.05, 0) is 49.7 Å². The number of Topliss-reactive ketones (excluding diaryl/α,β-unsaturated/α-hetero) is 1. The Morgan fingerprint density at radius 2 is 1.79 bits per heavy atom. The van der Waals surface area contributed by atoms with Crippen molar-refractivity contribution in [3.8, 4) is 6.07 Å². The number of nitrogens with zero attached hydrogens (tertiary/aromatic N) is 4. The molecule has 2 aromatic carbocycles. The number of likely N-dealkylation sites (N-methyl/N-ethyl adjacent to an activating group) is 1. The van der Waals surface area contributed by atoms with Gasteiger partial charge in [0.05, 0.1) is 28.9 Å². The highest BCUT2D eigenvalue weighted by atomic mass is 19.4. The molecule has 0 aliphatic carbocycles. The summed E-state index contributed by atoms with van der Waals surface area (Å²) in [6.07, 6.45) is -4.62. The molecule has 8 nitrogen and oxygen atoms in total. The number of carbonyl (C=O) groups excluding carboxylic acids is 3. The normalized spacial score (nSPS) is 18.5. The largest absolute Gasteiger partial charge is 0.416 e. The zero-order valence-electron chi connectivity index (χ0n) is 21.1. The second-order valence-corrected chi connectivity index (χ2v) is 9.19. The second kappa shape index (κ2) is 10.3. The third kappa shape index (κ3) is 4.87. The number of anilines is 1. The van der Waals surface area contributed by atoms with Crippen molar-refractivity contribution in [1.82, 2.24) is 15.1 Å². The number of hydrogen-bond acceptors (Lipinski definition) is 5. The summed E-state index contributed by atoms with van der Waals surface area (Å²) in [5.41, 5.74) is 0.140. The van der Waals surface area contributed by atoms with Gasteiger partial charge in [0, 0.05) is 50.1 Å². The SMILES string of the molecule is CC(=O)C1=C(C)N(c2cccc(C(F)(F)F)c2)C(=O)N(C)C1c1ccc(C#N)cc1C(=O)N1CCNCC1. The first-order chi connectivity index (χ1) is 18.0. The number of hydrogen-bond donors (Lipinski definition) is 1. The summed E-state index contributed by atoms with van der Waals surface area (Å²) in [5, 5.41) is 12.6. The Bertz CT molecular complexity index is 1370. The number of halogens is 3. The lowest BCUT2D eigenvalue weighted by Crippen LogP contribution is -2.50. The van der Waals surface area contributed by atoms with Crippen LogP contribution in [0.3, 0.4) is 0 Å². The maximum Gasteiger partial charge on any atom is 0.416 e. The highest BCUT2D eigenvalue weighted by molar-refractivity contribution is 6.06. The summed E-state index contributed by atoms with van der Waals surface area (Å²) in [6.45, 7) is 4.91. The number of carbonyl (C=O) groups is 3. The van der Waals surface area contributed by atoms with E-state index in [0.717, 1.165) is 17.0 Å². The van der Waals surface area contributed by atoms with Crippen LogP contribution in [0.5, 0.6) is 0 Å². The molecule has 1 saturated heterocycles. The zero-order valence-corrected chi connectivity index (χ0v) is 21.1. The molecule has 1 fully saturated rings. The van der Waals surface area contributed by atoms with Gasteiger partial charge in [0.2, 0.25) is 0 Å². The van der Waals surface area contributed by atoms with Gasteiger partial charge < -0.3 is 15.1 Å². The molecule has 0 saturated carbocycles. The van der Waals surface area contributed by atoms with Crippen LogP contribution in [0.2, 0.25) is 0 Å². The maximum atomic E-state index is 13.6. The van der Waals surface area contributed by atoms with Crippen molar-refractivity contribution in [1.29, 1.82) is 5.26 Å². The van der Waals surface area contributed by atoms with Crippen molar-refractivity contribution in [3.05, 3.63) is 76.0 Å². The lowest BCUT2D eigenvalue weighted by molar-refractivity contribution is -0.137. The number of piperazine rings is 1. The molecule has 1 unspecified atom stereocenters. The standard InChI is InChI=1S/C27H26F3N5O3/c1-16-23(17(2)36)24(33(3)26(38)35(16)20-6-4-5-19(14-20)27(28,29)30)21-8-7-18(15-31)13-22(21)25(37)34-11-9-32-10-12-34/h4-8,13-14,24,32H,9-12H2,1-3H3. The summed E-state index contributed by atoms with van der Waals surface area (Å²) in [4.78, 5) is 44.1. The first kappa shape index (κ1) is 26.9. The molecule has 2 heterocycles. The minimum atomic E-state index is -4.62. The van der Waals surface area contributed by atoms with Crippen LogP contribution >= 0.6 is 0 Å². The number of allylic oxidation sites excluding steroid dienone is 1. The molecule has 2 aliphatic rings. The van der Waals surface area contributed by atoms with Crippen LogP contribution in [0.25, 0.3) is 0 Å². The van der Waals surface area contributed by atoms with Gasteiger partial charge in [-0.3, -0.25) is 14.5 Å². The molecule has 1 N–H and O–H groups in total. The Kier molecular flexibility index (Phi) is 7.29. The van der Waals surface area contributed by atoms with Gasteiger partial charge in [0.25, 0.3) is 5.91 Å². The number of ketones is 1. The van der Waals surface area contributed by atoms with Crippen LogP contribution in [-0.4, -0.2) is 60.7 Å². The van der Waals surface area contributed by atoms with Gasteiger partial charge in [0.15, 0.2) is 5.78 Å². The maximum absolute atomic E-state index is 13.6. The average Bonchev–Trinajstić information content (AvgIpc) is 2.90. The van der Waals surface area contributed by atoms with Crippen LogP contribution < -0.4 is 10.2 Å². The highest BCUT2D eigenvalue weighted by Gasteiger charge is 2.42. The molecule has 3 amide bonds. The predicted molar refractivity (Wildman–Crippen MR) is 133 cm³/mol. The number of nitrogens with one attached hydrogen (secondary N) is 1. The monoisotopic (exact) mass is 525 g/mol. The number of nitriles is 1. The van der Waals surface area contributed by atoms with E-state index in [0.29, 0.717) is 31.7 Å². The molecule has 11 heteroatoms. The third-order valence-corrected chi connectivity index (χ3v) is 6.80. The van der Waals surface area contributed by atoms with Crippen molar-refractivity contribution >= 4 is 23.4 Å². The van der Waals surface area contributed by atoms with E-state index < -0.39 is 29.6 Å². The average molecular weight is 526 g/mol. The molecule has 1 atom stereocenters. The summed E-state index contributed by atoms with van der Waals surface area (Å²) >= 11 is 0. The van der Waals surface area contributed by atoms with E-state index in [1.807, 2.05) is 6.07 Å². The first-order valence-corrected chi connectivity index (χ1v) is 12.0. The van der Waals surface area contributed by atoms with Crippen molar-refractivity contribution in [3.63, 3.8) is 0 Å². The van der Waals surface area contributed by atoms with Crippen LogP contribution in [0.1, 0.15) is 46.9 Å². The molecule has 0 aromatic heterocycles. The minimum Gasteiger partial charge on any atom is -0.336 e. The highest BCUT2D eigenvalue weighted by Crippen LogP contribution is 2.41. The van der Waals surface area contributed by atoms with Gasteiger partial charge in [-0.25, -0.2) is 4.79 Å². The summed E-state index contributed by atoms with van der Waals surface area (Å²) < 4.78 is 40.2. The van der Waals surface area contributed by atoms with Crippen molar-refractivity contribution in [2.75, 3.05) is 38.1 Å².